The molecule has 2 aromatic carbocycles. The number of thioether (sulfide) groups is 1. The van der Waals surface area contributed by atoms with E-state index in [9.17, 15) is 4.79 Å². The summed E-state index contributed by atoms with van der Waals surface area (Å²) in [6.07, 6.45) is 4.96. The molecule has 5 heteroatoms. The summed E-state index contributed by atoms with van der Waals surface area (Å²) < 4.78 is 6.00. The third-order valence-electron chi connectivity index (χ3n) is 5.02. The first-order valence-electron chi connectivity index (χ1n) is 10.0. The van der Waals surface area contributed by atoms with Crippen LogP contribution in [0, 0.1) is 0 Å². The van der Waals surface area contributed by atoms with Crippen LogP contribution in [0.1, 0.15) is 42.9 Å². The fraction of sp³-hybridized carbons (Fsp3) is 0.435. The van der Waals surface area contributed by atoms with E-state index in [4.69, 9.17) is 16.3 Å². The Morgan fingerprint density at radius 2 is 1.96 bits per heavy atom. The molecular formula is C23H28ClNO2S. The minimum Gasteiger partial charge on any atom is -0.481 e. The second kappa shape index (κ2) is 10.8. The Hall–Kier alpha value is -1.65. The molecule has 0 bridgehead atoms. The van der Waals surface area contributed by atoms with E-state index in [1.54, 1.807) is 11.8 Å². The normalized spacial score (nSPS) is 14.2. The van der Waals surface area contributed by atoms with Crippen molar-refractivity contribution in [3.8, 4) is 5.75 Å². The van der Waals surface area contributed by atoms with Gasteiger partial charge in [-0.2, -0.15) is 11.8 Å². The van der Waals surface area contributed by atoms with E-state index < -0.39 is 6.10 Å². The predicted molar refractivity (Wildman–Crippen MR) is 118 cm³/mol. The van der Waals surface area contributed by atoms with Crippen LogP contribution >= 0.6 is 23.4 Å². The number of amides is 1. The van der Waals surface area contributed by atoms with Gasteiger partial charge in [-0.3, -0.25) is 4.79 Å². The quantitative estimate of drug-likeness (QED) is 0.553. The van der Waals surface area contributed by atoms with Gasteiger partial charge in [-0.1, -0.05) is 42.8 Å². The number of carbonyl (C=O) groups excluding carboxylic acids is 1. The summed E-state index contributed by atoms with van der Waals surface area (Å²) in [5.74, 6) is 2.44. The molecule has 3 rings (SSSR count). The fourth-order valence-corrected chi connectivity index (χ4v) is 4.57. The van der Waals surface area contributed by atoms with Crippen LogP contribution in [0.15, 0.2) is 42.5 Å². The van der Waals surface area contributed by atoms with Crippen LogP contribution in [0.2, 0.25) is 5.02 Å². The van der Waals surface area contributed by atoms with Crippen LogP contribution in [0.4, 0.5) is 0 Å². The lowest BCUT2D eigenvalue weighted by molar-refractivity contribution is -0.127. The molecular weight excluding hydrogens is 390 g/mol. The van der Waals surface area contributed by atoms with E-state index in [2.05, 4.69) is 17.4 Å². The zero-order valence-electron chi connectivity index (χ0n) is 16.4. The lowest BCUT2D eigenvalue weighted by atomic mass is 9.92. The van der Waals surface area contributed by atoms with Gasteiger partial charge in [0.1, 0.15) is 5.75 Å². The minimum absolute atomic E-state index is 0.0430. The highest BCUT2D eigenvalue weighted by Gasteiger charge is 2.19. The number of rotatable bonds is 9. The molecule has 0 heterocycles. The number of aryl methyl sites for hydroxylation is 2. The Balaban J connectivity index is 1.43. The Morgan fingerprint density at radius 3 is 2.75 bits per heavy atom. The maximum atomic E-state index is 12.5. The monoisotopic (exact) mass is 417 g/mol. The third-order valence-corrected chi connectivity index (χ3v) is 6.40. The number of nitrogens with one attached hydrogen (secondary N) is 1. The molecule has 1 aliphatic carbocycles. The van der Waals surface area contributed by atoms with E-state index in [1.165, 1.54) is 24.0 Å². The molecule has 1 N–H and O–H groups in total. The lowest BCUT2D eigenvalue weighted by Gasteiger charge is -2.20. The maximum Gasteiger partial charge on any atom is 0.261 e. The molecule has 1 aliphatic rings. The van der Waals surface area contributed by atoms with Gasteiger partial charge in [-0.25, -0.2) is 0 Å². The molecule has 0 saturated carbocycles. The van der Waals surface area contributed by atoms with Gasteiger partial charge in [0, 0.05) is 23.1 Å². The molecule has 0 aliphatic heterocycles. The molecule has 1 amide bonds. The third kappa shape index (κ3) is 5.92. The predicted octanol–water partition coefficient (Wildman–Crippen LogP) is 5.43. The summed E-state index contributed by atoms with van der Waals surface area (Å²) in [6, 6.07) is 14.1. The van der Waals surface area contributed by atoms with E-state index in [1.807, 2.05) is 37.3 Å². The highest BCUT2D eigenvalue weighted by molar-refractivity contribution is 7.98. The largest absolute Gasteiger partial charge is 0.481 e. The number of fused-ring (bicyclic) bond motifs is 1. The second-order valence-electron chi connectivity index (χ2n) is 7.09. The molecule has 1 unspecified atom stereocenters. The molecule has 0 fully saturated rings. The van der Waals surface area contributed by atoms with Crippen LogP contribution in [-0.4, -0.2) is 24.3 Å². The van der Waals surface area contributed by atoms with Crippen LogP contribution in [0.3, 0.4) is 0 Å². The molecule has 2 aromatic rings. The smallest absolute Gasteiger partial charge is 0.261 e. The fourth-order valence-electron chi connectivity index (χ4n) is 3.43. The van der Waals surface area contributed by atoms with Crippen molar-refractivity contribution in [2.45, 2.75) is 50.9 Å². The van der Waals surface area contributed by atoms with Crippen molar-refractivity contribution in [1.82, 2.24) is 5.32 Å². The molecule has 3 nitrogen and oxygen atoms in total. The van der Waals surface area contributed by atoms with Gasteiger partial charge in [-0.15, -0.1) is 0 Å². The van der Waals surface area contributed by atoms with Crippen molar-refractivity contribution in [3.05, 3.63) is 64.2 Å². The highest BCUT2D eigenvalue weighted by Crippen LogP contribution is 2.26. The number of ether oxygens (including phenoxy) is 1. The molecule has 1 atom stereocenters. The zero-order valence-corrected chi connectivity index (χ0v) is 18.0. The van der Waals surface area contributed by atoms with E-state index >= 15 is 0 Å². The number of hydrogen-bond acceptors (Lipinski definition) is 3. The average molecular weight is 418 g/mol. The summed E-state index contributed by atoms with van der Waals surface area (Å²) in [5, 5.41) is 3.79. The molecule has 150 valence electrons. The standard InChI is InChI=1S/C23H28ClNO2S/c1-2-22(27-20-12-11-17-7-3-4-8-18(17)15-20)23(26)25-13-14-28-16-19-9-5-6-10-21(19)24/h5-6,9-12,15,22H,2-4,7-8,13-14,16H2,1H3,(H,25,26). The average Bonchev–Trinajstić information content (AvgIpc) is 2.72. The molecule has 0 spiro atoms. The maximum absolute atomic E-state index is 12.5. The summed E-state index contributed by atoms with van der Waals surface area (Å²) in [7, 11) is 0. The zero-order chi connectivity index (χ0) is 19.8. The summed E-state index contributed by atoms with van der Waals surface area (Å²) in [6.45, 7) is 2.60. The van der Waals surface area contributed by atoms with Crippen molar-refractivity contribution < 1.29 is 9.53 Å². The van der Waals surface area contributed by atoms with E-state index in [0.717, 1.165) is 40.7 Å². The van der Waals surface area contributed by atoms with Gasteiger partial charge in [0.2, 0.25) is 0 Å². The van der Waals surface area contributed by atoms with Gasteiger partial charge in [0.05, 0.1) is 0 Å². The summed E-state index contributed by atoms with van der Waals surface area (Å²) in [5.41, 5.74) is 3.92. The molecule has 28 heavy (non-hydrogen) atoms. The van der Waals surface area contributed by atoms with Gasteiger partial charge in [-0.05, 0) is 67.0 Å². The minimum atomic E-state index is -0.449. The van der Waals surface area contributed by atoms with Crippen molar-refractivity contribution in [3.63, 3.8) is 0 Å². The van der Waals surface area contributed by atoms with Crippen LogP contribution in [-0.2, 0) is 23.4 Å². The van der Waals surface area contributed by atoms with Crippen LogP contribution in [0.25, 0.3) is 0 Å². The van der Waals surface area contributed by atoms with Gasteiger partial charge in [0.25, 0.3) is 5.91 Å². The van der Waals surface area contributed by atoms with Gasteiger partial charge < -0.3 is 10.1 Å². The SMILES string of the molecule is CCC(Oc1ccc2c(c1)CCCC2)C(=O)NCCSCc1ccccc1Cl. The highest BCUT2D eigenvalue weighted by atomic mass is 35.5. The van der Waals surface area contributed by atoms with Gasteiger partial charge in [0.15, 0.2) is 6.10 Å². The summed E-state index contributed by atoms with van der Waals surface area (Å²) in [4.78, 5) is 12.5. The second-order valence-corrected chi connectivity index (χ2v) is 8.60. The van der Waals surface area contributed by atoms with Crippen LogP contribution in [0.5, 0.6) is 5.75 Å². The molecule has 0 aromatic heterocycles. The van der Waals surface area contributed by atoms with E-state index in [-0.39, 0.29) is 5.91 Å². The summed E-state index contributed by atoms with van der Waals surface area (Å²) >= 11 is 7.93. The number of carbonyl (C=O) groups is 1. The number of benzene rings is 2. The Labute approximate surface area is 177 Å². The topological polar surface area (TPSA) is 38.3 Å². The molecule has 0 radical (unpaired) electrons. The van der Waals surface area contributed by atoms with Crippen molar-refractivity contribution >= 4 is 29.3 Å². The van der Waals surface area contributed by atoms with Gasteiger partial charge >= 0.3 is 0 Å². The van der Waals surface area contributed by atoms with Crippen molar-refractivity contribution in [2.24, 2.45) is 0 Å². The Kier molecular flexibility index (Phi) is 8.11. The van der Waals surface area contributed by atoms with Crippen LogP contribution < -0.4 is 10.1 Å². The Morgan fingerprint density at radius 1 is 1.18 bits per heavy atom. The number of hydrogen-bond donors (Lipinski definition) is 1. The lowest BCUT2D eigenvalue weighted by Crippen LogP contribution is -2.39. The Bertz CT molecular complexity index is 796. The van der Waals surface area contributed by atoms with E-state index in [0.29, 0.717) is 13.0 Å². The first-order chi connectivity index (χ1) is 13.7. The first kappa shape index (κ1) is 21.1. The first-order valence-corrected chi connectivity index (χ1v) is 11.6. The molecule has 0 saturated heterocycles. The van der Waals surface area contributed by atoms with Crippen molar-refractivity contribution in [1.29, 1.82) is 0 Å². The van der Waals surface area contributed by atoms with Crippen molar-refractivity contribution in [2.75, 3.05) is 12.3 Å². The number of halogens is 1.